The molecule has 2 heterocycles. The number of halogens is 1. The van der Waals surface area contributed by atoms with E-state index in [1.54, 1.807) is 22.7 Å². The van der Waals surface area contributed by atoms with Crippen LogP contribution in [0.1, 0.15) is 22.9 Å². The van der Waals surface area contributed by atoms with Crippen molar-refractivity contribution in [2.45, 2.75) is 19.9 Å². The molecule has 0 aliphatic heterocycles. The largest absolute Gasteiger partial charge is 0.353 e. The lowest BCUT2D eigenvalue weighted by Gasteiger charge is -2.09. The fraction of sp³-hybridized carbons (Fsp3) is 0.333. The Morgan fingerprint density at radius 2 is 2.13 bits per heavy atom. The molecule has 0 spiro atoms. The van der Waals surface area contributed by atoms with Gasteiger partial charge in [-0.25, -0.2) is 0 Å². The third-order valence-corrected chi connectivity index (χ3v) is 4.07. The van der Waals surface area contributed by atoms with Crippen LogP contribution in [0.5, 0.6) is 0 Å². The Morgan fingerprint density at radius 1 is 1.33 bits per heavy atom. The van der Waals surface area contributed by atoms with Gasteiger partial charge in [0.2, 0.25) is 5.13 Å². The first-order chi connectivity index (χ1) is 7.15. The van der Waals surface area contributed by atoms with Gasteiger partial charge in [-0.15, -0.1) is 21.5 Å². The second-order valence-electron chi connectivity index (χ2n) is 3.13. The Balaban J connectivity index is 2.06. The molecule has 1 N–H and O–H groups in total. The Hall–Kier alpha value is -0.650. The first-order valence-electron chi connectivity index (χ1n) is 4.47. The van der Waals surface area contributed by atoms with Gasteiger partial charge in [0.25, 0.3) is 0 Å². The van der Waals surface area contributed by atoms with Crippen LogP contribution in [0.15, 0.2) is 12.1 Å². The summed E-state index contributed by atoms with van der Waals surface area (Å²) < 4.78 is 0.812. The molecule has 15 heavy (non-hydrogen) atoms. The minimum absolute atomic E-state index is 0.217. The second-order valence-corrected chi connectivity index (χ2v) is 6.06. The summed E-state index contributed by atoms with van der Waals surface area (Å²) in [5.41, 5.74) is 0. The quantitative estimate of drug-likeness (QED) is 0.913. The van der Waals surface area contributed by atoms with Gasteiger partial charge in [-0.1, -0.05) is 22.9 Å². The zero-order valence-electron chi connectivity index (χ0n) is 8.32. The molecule has 0 saturated carbocycles. The summed E-state index contributed by atoms with van der Waals surface area (Å²) in [7, 11) is 0. The predicted octanol–water partition coefficient (Wildman–Crippen LogP) is 3.73. The second kappa shape index (κ2) is 4.47. The highest BCUT2D eigenvalue weighted by molar-refractivity contribution is 7.16. The summed E-state index contributed by atoms with van der Waals surface area (Å²) >= 11 is 9.01. The van der Waals surface area contributed by atoms with Crippen molar-refractivity contribution in [1.82, 2.24) is 10.2 Å². The van der Waals surface area contributed by atoms with Crippen molar-refractivity contribution in [3.05, 3.63) is 26.4 Å². The van der Waals surface area contributed by atoms with Gasteiger partial charge < -0.3 is 5.32 Å². The number of hydrogen-bond donors (Lipinski definition) is 1. The van der Waals surface area contributed by atoms with E-state index in [2.05, 4.69) is 22.4 Å². The zero-order chi connectivity index (χ0) is 10.8. The van der Waals surface area contributed by atoms with Crippen LogP contribution in [0.3, 0.4) is 0 Å². The van der Waals surface area contributed by atoms with Crippen LogP contribution in [0.25, 0.3) is 0 Å². The van der Waals surface area contributed by atoms with E-state index in [1.807, 2.05) is 19.1 Å². The molecule has 0 amide bonds. The SMILES string of the molecule is Cc1nnc(NC(C)c2ccc(Cl)s2)s1. The summed E-state index contributed by atoms with van der Waals surface area (Å²) in [5.74, 6) is 0. The molecule has 0 aliphatic carbocycles. The fourth-order valence-electron chi connectivity index (χ4n) is 1.17. The van der Waals surface area contributed by atoms with E-state index >= 15 is 0 Å². The molecule has 0 bridgehead atoms. The van der Waals surface area contributed by atoms with Crippen LogP contribution in [0.2, 0.25) is 4.34 Å². The predicted molar refractivity (Wildman–Crippen MR) is 66.0 cm³/mol. The molecule has 0 aliphatic rings. The molecule has 2 aromatic heterocycles. The van der Waals surface area contributed by atoms with Gasteiger partial charge in [-0.05, 0) is 26.0 Å². The number of aryl methyl sites for hydroxylation is 1. The Bertz CT molecular complexity index is 452. The van der Waals surface area contributed by atoms with Gasteiger partial charge >= 0.3 is 0 Å². The molecule has 0 fully saturated rings. The molecule has 2 aromatic rings. The lowest BCUT2D eigenvalue weighted by Crippen LogP contribution is -2.04. The van der Waals surface area contributed by atoms with Gasteiger partial charge in [0.05, 0.1) is 10.4 Å². The highest BCUT2D eigenvalue weighted by Crippen LogP contribution is 2.29. The summed E-state index contributed by atoms with van der Waals surface area (Å²) in [6.45, 7) is 4.02. The van der Waals surface area contributed by atoms with E-state index in [9.17, 15) is 0 Å². The van der Waals surface area contributed by atoms with Crippen molar-refractivity contribution < 1.29 is 0 Å². The number of nitrogens with one attached hydrogen (secondary N) is 1. The van der Waals surface area contributed by atoms with Crippen LogP contribution in [-0.2, 0) is 0 Å². The van der Waals surface area contributed by atoms with Crippen LogP contribution in [0.4, 0.5) is 5.13 Å². The average molecular weight is 260 g/mol. The van der Waals surface area contributed by atoms with Gasteiger partial charge in [0.15, 0.2) is 0 Å². The molecule has 2 rings (SSSR count). The van der Waals surface area contributed by atoms with E-state index in [0.717, 1.165) is 14.5 Å². The van der Waals surface area contributed by atoms with Crippen molar-refractivity contribution in [2.24, 2.45) is 0 Å². The van der Waals surface area contributed by atoms with E-state index in [1.165, 1.54) is 4.88 Å². The standard InChI is InChI=1S/C9H10ClN3S2/c1-5(7-3-4-8(10)15-7)11-9-13-12-6(2)14-9/h3-5H,1-2H3,(H,11,13). The number of aromatic nitrogens is 2. The summed E-state index contributed by atoms with van der Waals surface area (Å²) in [6, 6.07) is 4.15. The van der Waals surface area contributed by atoms with Gasteiger partial charge in [0, 0.05) is 4.88 Å². The molecular weight excluding hydrogens is 250 g/mol. The maximum Gasteiger partial charge on any atom is 0.206 e. The summed E-state index contributed by atoms with van der Waals surface area (Å²) in [6.07, 6.45) is 0. The highest BCUT2D eigenvalue weighted by atomic mass is 35.5. The van der Waals surface area contributed by atoms with Crippen molar-refractivity contribution >= 4 is 39.4 Å². The Morgan fingerprint density at radius 3 is 2.67 bits per heavy atom. The van der Waals surface area contributed by atoms with Crippen LogP contribution in [0, 0.1) is 6.92 Å². The fourth-order valence-corrected chi connectivity index (χ4v) is 2.91. The number of thiophene rings is 1. The van der Waals surface area contributed by atoms with Crippen molar-refractivity contribution in [3.8, 4) is 0 Å². The topological polar surface area (TPSA) is 37.8 Å². The van der Waals surface area contributed by atoms with E-state index in [4.69, 9.17) is 11.6 Å². The van der Waals surface area contributed by atoms with Gasteiger partial charge in [0.1, 0.15) is 5.01 Å². The number of rotatable bonds is 3. The first kappa shape index (κ1) is 10.9. The number of anilines is 1. The monoisotopic (exact) mass is 259 g/mol. The normalized spacial score (nSPS) is 12.7. The van der Waals surface area contributed by atoms with Crippen LogP contribution in [-0.4, -0.2) is 10.2 Å². The number of hydrogen-bond acceptors (Lipinski definition) is 5. The van der Waals surface area contributed by atoms with E-state index < -0.39 is 0 Å². The smallest absolute Gasteiger partial charge is 0.206 e. The van der Waals surface area contributed by atoms with E-state index in [0.29, 0.717) is 0 Å². The minimum Gasteiger partial charge on any atom is -0.353 e. The number of nitrogens with zero attached hydrogens (tertiary/aromatic N) is 2. The van der Waals surface area contributed by atoms with Gasteiger partial charge in [-0.3, -0.25) is 0 Å². The van der Waals surface area contributed by atoms with Crippen molar-refractivity contribution in [3.63, 3.8) is 0 Å². The average Bonchev–Trinajstić information content (AvgIpc) is 2.75. The zero-order valence-corrected chi connectivity index (χ0v) is 10.7. The highest BCUT2D eigenvalue weighted by Gasteiger charge is 2.10. The van der Waals surface area contributed by atoms with Crippen molar-refractivity contribution in [2.75, 3.05) is 5.32 Å². The molecule has 1 unspecified atom stereocenters. The molecule has 1 atom stereocenters. The molecule has 80 valence electrons. The third-order valence-electron chi connectivity index (χ3n) is 1.89. The van der Waals surface area contributed by atoms with Crippen LogP contribution < -0.4 is 5.32 Å². The molecule has 0 saturated heterocycles. The third kappa shape index (κ3) is 2.68. The molecule has 3 nitrogen and oxygen atoms in total. The summed E-state index contributed by atoms with van der Waals surface area (Å²) in [4.78, 5) is 1.20. The maximum atomic E-state index is 5.88. The lowest BCUT2D eigenvalue weighted by molar-refractivity contribution is 0.892. The van der Waals surface area contributed by atoms with Crippen LogP contribution >= 0.6 is 34.3 Å². The summed E-state index contributed by atoms with van der Waals surface area (Å²) in [5, 5.41) is 13.1. The van der Waals surface area contributed by atoms with Gasteiger partial charge in [-0.2, -0.15) is 0 Å². The minimum atomic E-state index is 0.217. The Kier molecular flexibility index (Phi) is 3.23. The van der Waals surface area contributed by atoms with Crippen molar-refractivity contribution in [1.29, 1.82) is 0 Å². The lowest BCUT2D eigenvalue weighted by atomic mass is 10.3. The first-order valence-corrected chi connectivity index (χ1v) is 6.48. The Labute approximate surface area is 101 Å². The maximum absolute atomic E-state index is 5.88. The molecule has 0 radical (unpaired) electrons. The van der Waals surface area contributed by atoms with E-state index in [-0.39, 0.29) is 6.04 Å². The molecule has 0 aromatic carbocycles. The molecular formula is C9H10ClN3S2. The molecule has 6 heteroatoms.